The summed E-state index contributed by atoms with van der Waals surface area (Å²) in [6, 6.07) is -0.360. The molecule has 7 nitrogen and oxygen atoms in total. The van der Waals surface area contributed by atoms with Crippen molar-refractivity contribution in [3.63, 3.8) is 0 Å². The lowest BCUT2D eigenvalue weighted by Gasteiger charge is -2.42. The number of hydrogen-bond donors (Lipinski definition) is 1. The van der Waals surface area contributed by atoms with E-state index in [1.165, 1.54) is 0 Å². The molecule has 2 atom stereocenters. The van der Waals surface area contributed by atoms with Gasteiger partial charge in [-0.1, -0.05) is 27.7 Å². The second kappa shape index (κ2) is 12.7. The van der Waals surface area contributed by atoms with Gasteiger partial charge >= 0.3 is 0 Å². The Labute approximate surface area is 201 Å². The number of nitrogens with one attached hydrogen (secondary N) is 1. The Balaban J connectivity index is 2.01. The highest BCUT2D eigenvalue weighted by Gasteiger charge is 2.39. The molecule has 33 heavy (non-hydrogen) atoms. The summed E-state index contributed by atoms with van der Waals surface area (Å²) in [4.78, 5) is 45.3. The van der Waals surface area contributed by atoms with Gasteiger partial charge in [-0.05, 0) is 64.2 Å². The van der Waals surface area contributed by atoms with Crippen molar-refractivity contribution in [2.24, 2.45) is 17.8 Å². The number of likely N-dealkylation sites (tertiary alicyclic amines) is 1. The largest absolute Gasteiger partial charge is 0.341 e. The van der Waals surface area contributed by atoms with E-state index in [-0.39, 0.29) is 35.8 Å². The molecule has 7 heteroatoms. The summed E-state index contributed by atoms with van der Waals surface area (Å²) in [5.41, 5.74) is 0. The zero-order valence-electron chi connectivity index (χ0n) is 22.1. The van der Waals surface area contributed by atoms with E-state index in [1.54, 1.807) is 0 Å². The van der Waals surface area contributed by atoms with Gasteiger partial charge in [-0.25, -0.2) is 0 Å². The minimum absolute atomic E-state index is 0.0720. The first-order valence-corrected chi connectivity index (χ1v) is 13.2. The summed E-state index contributed by atoms with van der Waals surface area (Å²) >= 11 is 0. The van der Waals surface area contributed by atoms with E-state index in [1.807, 2.05) is 21.6 Å². The van der Waals surface area contributed by atoms with Crippen LogP contribution in [0.1, 0.15) is 80.6 Å². The van der Waals surface area contributed by atoms with Gasteiger partial charge in [-0.2, -0.15) is 0 Å². The molecule has 0 saturated carbocycles. The van der Waals surface area contributed by atoms with E-state index in [4.69, 9.17) is 0 Å². The summed E-state index contributed by atoms with van der Waals surface area (Å²) in [5, 5.41) is 3.35. The molecule has 2 rings (SSSR count). The first kappa shape index (κ1) is 27.6. The Kier molecular flexibility index (Phi) is 10.6. The third-order valence-electron chi connectivity index (χ3n) is 7.06. The third-order valence-corrected chi connectivity index (χ3v) is 7.06. The van der Waals surface area contributed by atoms with Gasteiger partial charge in [0, 0.05) is 45.2 Å². The van der Waals surface area contributed by atoms with E-state index in [0.29, 0.717) is 50.2 Å². The average Bonchev–Trinajstić information content (AvgIpc) is 2.73. The molecule has 1 N–H and O–H groups in total. The fourth-order valence-corrected chi connectivity index (χ4v) is 5.29. The smallest absolute Gasteiger partial charge is 0.245 e. The number of hydrogen-bond acceptors (Lipinski definition) is 4. The van der Waals surface area contributed by atoms with Crippen LogP contribution in [-0.4, -0.2) is 83.3 Å². The molecule has 3 amide bonds. The quantitative estimate of drug-likeness (QED) is 0.539. The molecule has 190 valence electrons. The molecule has 0 aromatic carbocycles. The van der Waals surface area contributed by atoms with Crippen LogP contribution >= 0.6 is 0 Å². The standard InChI is InChI=1S/C26H48N4O3/c1-8-29(20(6)7)24(31)17-21-9-12-28(13-10-21)26(33)23(16-19(4)5)30-14-11-27-22(25(30)32)15-18(2)3/h18-23,27H,8-17H2,1-7H3/t22-,23-/m0/s1. The van der Waals surface area contributed by atoms with Gasteiger partial charge in [0.15, 0.2) is 0 Å². The van der Waals surface area contributed by atoms with Gasteiger partial charge < -0.3 is 20.0 Å². The van der Waals surface area contributed by atoms with Gasteiger partial charge in [-0.3, -0.25) is 14.4 Å². The zero-order valence-corrected chi connectivity index (χ0v) is 22.1. The predicted octanol–water partition coefficient (Wildman–Crippen LogP) is 3.13. The van der Waals surface area contributed by atoms with Gasteiger partial charge in [0.25, 0.3) is 0 Å². The number of piperidine rings is 1. The summed E-state index contributed by atoms with van der Waals surface area (Å²) in [7, 11) is 0. The zero-order chi connectivity index (χ0) is 24.7. The maximum atomic E-state index is 13.6. The monoisotopic (exact) mass is 464 g/mol. The molecule has 2 aliphatic heterocycles. The van der Waals surface area contributed by atoms with E-state index >= 15 is 0 Å². The molecule has 0 aromatic heterocycles. The molecular formula is C26H48N4O3. The molecule has 2 saturated heterocycles. The van der Waals surface area contributed by atoms with Crippen molar-refractivity contribution < 1.29 is 14.4 Å². The first-order chi connectivity index (χ1) is 15.5. The second-order valence-electron chi connectivity index (χ2n) is 11.1. The molecule has 0 radical (unpaired) electrons. The van der Waals surface area contributed by atoms with Crippen LogP contribution in [0.5, 0.6) is 0 Å². The minimum atomic E-state index is -0.385. The van der Waals surface area contributed by atoms with Crippen molar-refractivity contribution in [2.75, 3.05) is 32.7 Å². The number of carbonyl (C=O) groups excluding carboxylic acids is 3. The molecule has 0 aromatic rings. The second-order valence-corrected chi connectivity index (χ2v) is 11.1. The van der Waals surface area contributed by atoms with Gasteiger partial charge in [-0.15, -0.1) is 0 Å². The molecule has 2 aliphatic rings. The van der Waals surface area contributed by atoms with Crippen molar-refractivity contribution >= 4 is 17.7 Å². The molecule has 0 unspecified atom stereocenters. The highest BCUT2D eigenvalue weighted by molar-refractivity contribution is 5.90. The molecule has 0 aliphatic carbocycles. The van der Waals surface area contributed by atoms with Crippen LogP contribution in [0.2, 0.25) is 0 Å². The van der Waals surface area contributed by atoms with Gasteiger partial charge in [0.1, 0.15) is 6.04 Å². The van der Waals surface area contributed by atoms with Crippen LogP contribution < -0.4 is 5.32 Å². The summed E-state index contributed by atoms with van der Waals surface area (Å²) in [6.07, 6.45) is 3.76. The van der Waals surface area contributed by atoms with E-state index in [9.17, 15) is 14.4 Å². The van der Waals surface area contributed by atoms with Crippen molar-refractivity contribution in [2.45, 2.75) is 98.7 Å². The minimum Gasteiger partial charge on any atom is -0.341 e. The van der Waals surface area contributed by atoms with Crippen LogP contribution in [0.25, 0.3) is 0 Å². The Morgan fingerprint density at radius 1 is 1.03 bits per heavy atom. The first-order valence-electron chi connectivity index (χ1n) is 13.2. The lowest BCUT2D eigenvalue weighted by atomic mass is 9.91. The van der Waals surface area contributed by atoms with Crippen LogP contribution in [0.15, 0.2) is 0 Å². The number of amides is 3. The Morgan fingerprint density at radius 3 is 2.18 bits per heavy atom. The average molecular weight is 465 g/mol. The molecular weight excluding hydrogens is 416 g/mol. The maximum Gasteiger partial charge on any atom is 0.245 e. The fraction of sp³-hybridized carbons (Fsp3) is 0.885. The highest BCUT2D eigenvalue weighted by Crippen LogP contribution is 2.25. The lowest BCUT2D eigenvalue weighted by molar-refractivity contribution is -0.150. The van der Waals surface area contributed by atoms with Gasteiger partial charge in [0.2, 0.25) is 17.7 Å². The van der Waals surface area contributed by atoms with Crippen molar-refractivity contribution in [3.8, 4) is 0 Å². The van der Waals surface area contributed by atoms with Crippen LogP contribution in [0.3, 0.4) is 0 Å². The molecule has 2 fully saturated rings. The third kappa shape index (κ3) is 7.69. The molecule has 0 spiro atoms. The van der Waals surface area contributed by atoms with E-state index in [2.05, 4.69) is 46.9 Å². The Hall–Kier alpha value is -1.63. The number of piperazine rings is 1. The lowest BCUT2D eigenvalue weighted by Crippen LogP contribution is -2.62. The van der Waals surface area contributed by atoms with E-state index in [0.717, 1.165) is 32.4 Å². The topological polar surface area (TPSA) is 73.0 Å². The van der Waals surface area contributed by atoms with Gasteiger partial charge in [0.05, 0.1) is 6.04 Å². The number of carbonyl (C=O) groups is 3. The number of rotatable bonds is 10. The predicted molar refractivity (Wildman–Crippen MR) is 133 cm³/mol. The fourth-order valence-electron chi connectivity index (χ4n) is 5.29. The Bertz CT molecular complexity index is 656. The summed E-state index contributed by atoms with van der Waals surface area (Å²) < 4.78 is 0. The van der Waals surface area contributed by atoms with Crippen molar-refractivity contribution in [1.82, 2.24) is 20.0 Å². The summed E-state index contributed by atoms with van der Waals surface area (Å²) in [6.45, 7) is 18.0. The molecule has 0 bridgehead atoms. The van der Waals surface area contributed by atoms with Crippen LogP contribution in [0, 0.1) is 17.8 Å². The highest BCUT2D eigenvalue weighted by atomic mass is 16.2. The molecule has 2 heterocycles. The van der Waals surface area contributed by atoms with Crippen LogP contribution in [0.4, 0.5) is 0 Å². The normalized spacial score (nSPS) is 21.3. The Morgan fingerprint density at radius 2 is 1.67 bits per heavy atom. The summed E-state index contributed by atoms with van der Waals surface area (Å²) in [5.74, 6) is 1.46. The van der Waals surface area contributed by atoms with Crippen molar-refractivity contribution in [1.29, 1.82) is 0 Å². The maximum absolute atomic E-state index is 13.6. The van der Waals surface area contributed by atoms with Crippen molar-refractivity contribution in [3.05, 3.63) is 0 Å². The van der Waals surface area contributed by atoms with E-state index < -0.39 is 0 Å². The SMILES string of the molecule is CCN(C(=O)CC1CCN(C(=O)[C@H](CC(C)C)N2CCN[C@@H](CC(C)C)C2=O)CC1)C(C)C. The van der Waals surface area contributed by atoms with Crippen LogP contribution in [-0.2, 0) is 14.4 Å². The number of nitrogens with zero attached hydrogens (tertiary/aromatic N) is 3.